The number of rotatable bonds is 1. The number of aliphatic hydroxyl groups excluding tert-OH is 1. The van der Waals surface area contributed by atoms with Crippen LogP contribution in [-0.4, -0.2) is 33.5 Å². The Morgan fingerprint density at radius 3 is 2.68 bits per heavy atom. The van der Waals surface area contributed by atoms with Crippen LogP contribution in [-0.2, 0) is 9.59 Å². The molecule has 0 bridgehead atoms. The third-order valence-electron chi connectivity index (χ3n) is 8.23. The summed E-state index contributed by atoms with van der Waals surface area (Å²) in [4.78, 5) is 24.0. The van der Waals surface area contributed by atoms with E-state index in [0.29, 0.717) is 12.8 Å². The second kappa shape index (κ2) is 5.14. The molecule has 0 heterocycles. The molecule has 0 aromatic rings. The molecule has 0 saturated heterocycles. The maximum absolute atomic E-state index is 12.2. The lowest BCUT2D eigenvalue weighted by atomic mass is 9.46. The lowest BCUT2D eigenvalue weighted by Crippen LogP contribution is -2.61. The summed E-state index contributed by atoms with van der Waals surface area (Å²) >= 11 is 0. The summed E-state index contributed by atoms with van der Waals surface area (Å²) in [6.45, 7) is 5.61. The predicted molar refractivity (Wildman–Crippen MR) is 93.6 cm³/mol. The van der Waals surface area contributed by atoms with Gasteiger partial charge in [0.2, 0.25) is 0 Å². The van der Waals surface area contributed by atoms with Gasteiger partial charge in [-0.25, -0.2) is 0 Å². The van der Waals surface area contributed by atoms with Crippen molar-refractivity contribution >= 4 is 11.6 Å². The fourth-order valence-corrected chi connectivity index (χ4v) is 6.91. The monoisotopic (exact) mass is 344 g/mol. The van der Waals surface area contributed by atoms with Crippen LogP contribution in [0.15, 0.2) is 23.8 Å². The Kier molecular flexibility index (Phi) is 3.53. The normalized spacial score (nSPS) is 51.4. The molecule has 0 aromatic carbocycles. The summed E-state index contributed by atoms with van der Waals surface area (Å²) in [5, 5.41) is 22.3. The van der Waals surface area contributed by atoms with E-state index < -0.39 is 17.1 Å². The molecule has 7 atom stereocenters. The summed E-state index contributed by atoms with van der Waals surface area (Å²) in [7, 11) is 0. The molecule has 4 heteroatoms. The van der Waals surface area contributed by atoms with Crippen LogP contribution in [0.4, 0.5) is 0 Å². The van der Waals surface area contributed by atoms with Gasteiger partial charge < -0.3 is 10.2 Å². The van der Waals surface area contributed by atoms with E-state index >= 15 is 0 Å². The molecular formula is C21H28O4. The van der Waals surface area contributed by atoms with Crippen LogP contribution in [0.25, 0.3) is 0 Å². The molecule has 2 N–H and O–H groups in total. The molecule has 3 saturated carbocycles. The zero-order chi connectivity index (χ0) is 18.2. The highest BCUT2D eigenvalue weighted by Crippen LogP contribution is 2.66. The van der Waals surface area contributed by atoms with Gasteiger partial charge in [-0.1, -0.05) is 25.5 Å². The maximum Gasteiger partial charge on any atom is 0.178 e. The molecule has 4 aliphatic carbocycles. The van der Waals surface area contributed by atoms with Gasteiger partial charge in [0.1, 0.15) is 5.60 Å². The average molecular weight is 344 g/mol. The molecule has 0 spiro atoms. The Bertz CT molecular complexity index is 707. The molecule has 3 fully saturated rings. The third-order valence-corrected chi connectivity index (χ3v) is 8.23. The molecular weight excluding hydrogens is 316 g/mol. The number of hydrogen-bond acceptors (Lipinski definition) is 4. The van der Waals surface area contributed by atoms with E-state index in [9.17, 15) is 19.8 Å². The minimum Gasteiger partial charge on any atom is -0.393 e. The van der Waals surface area contributed by atoms with Gasteiger partial charge in [-0.2, -0.15) is 0 Å². The molecule has 0 radical (unpaired) electrons. The van der Waals surface area contributed by atoms with Gasteiger partial charge in [-0.05, 0) is 63.0 Å². The van der Waals surface area contributed by atoms with Gasteiger partial charge in [-0.15, -0.1) is 0 Å². The van der Waals surface area contributed by atoms with E-state index in [1.165, 1.54) is 6.92 Å². The van der Waals surface area contributed by atoms with Crippen LogP contribution in [0, 0.1) is 28.6 Å². The summed E-state index contributed by atoms with van der Waals surface area (Å²) in [6.07, 6.45) is 8.32. The number of carbonyl (C=O) groups is 2. The van der Waals surface area contributed by atoms with E-state index in [1.54, 1.807) is 12.2 Å². The van der Waals surface area contributed by atoms with Crippen LogP contribution in [0.1, 0.15) is 52.9 Å². The molecule has 4 nitrogen and oxygen atoms in total. The standard InChI is InChI=1S/C21H28O4/c1-12(22)21(25)9-7-16-15-5-4-13-10-14(23)6-8-19(13,2)18(15)17(24)11-20(16,21)3/h6,8,10,15-18,24-25H,4-5,7,9,11H2,1-3H3/t15-,16+,17+,18-,19+,20+,21+/m1/s1. The van der Waals surface area contributed by atoms with Crippen molar-refractivity contribution in [3.05, 3.63) is 23.8 Å². The minimum absolute atomic E-state index is 0.0351. The van der Waals surface area contributed by atoms with Gasteiger partial charge in [0, 0.05) is 16.7 Å². The maximum atomic E-state index is 12.2. The number of ketones is 2. The molecule has 0 aliphatic heterocycles. The second-order valence-corrected chi connectivity index (χ2v) is 9.17. The number of fused-ring (bicyclic) bond motifs is 5. The zero-order valence-electron chi connectivity index (χ0n) is 15.3. The van der Waals surface area contributed by atoms with Crippen molar-refractivity contribution in [2.24, 2.45) is 28.6 Å². The quantitative estimate of drug-likeness (QED) is 0.767. The summed E-state index contributed by atoms with van der Waals surface area (Å²) in [6, 6.07) is 0. The highest BCUT2D eigenvalue weighted by Gasteiger charge is 2.67. The lowest BCUT2D eigenvalue weighted by molar-refractivity contribution is -0.175. The first-order valence-corrected chi connectivity index (χ1v) is 9.49. The van der Waals surface area contributed by atoms with Crippen molar-refractivity contribution in [3.63, 3.8) is 0 Å². The number of hydrogen-bond donors (Lipinski definition) is 2. The molecule has 0 unspecified atom stereocenters. The zero-order valence-corrected chi connectivity index (χ0v) is 15.3. The van der Waals surface area contributed by atoms with Crippen molar-refractivity contribution in [2.45, 2.75) is 64.6 Å². The first-order chi connectivity index (χ1) is 11.6. The summed E-state index contributed by atoms with van der Waals surface area (Å²) in [5.74, 6) is 0.410. The van der Waals surface area contributed by atoms with E-state index in [2.05, 4.69) is 6.92 Å². The third kappa shape index (κ3) is 2.01. The van der Waals surface area contributed by atoms with Gasteiger partial charge >= 0.3 is 0 Å². The SMILES string of the molecule is CC(=O)[C@@]1(O)CC[C@H]2[C@H]3CCC4=CC(=O)C=C[C@]4(C)[C@H]3[C@@H](O)C[C@@]21C. The summed E-state index contributed by atoms with van der Waals surface area (Å²) < 4.78 is 0. The van der Waals surface area contributed by atoms with Gasteiger partial charge in [0.15, 0.2) is 11.6 Å². The largest absolute Gasteiger partial charge is 0.393 e. The number of carbonyl (C=O) groups excluding carboxylic acids is 2. The van der Waals surface area contributed by atoms with E-state index in [-0.39, 0.29) is 34.7 Å². The van der Waals surface area contributed by atoms with Crippen LogP contribution >= 0.6 is 0 Å². The van der Waals surface area contributed by atoms with Crippen molar-refractivity contribution in [2.75, 3.05) is 0 Å². The van der Waals surface area contributed by atoms with Gasteiger partial charge in [0.05, 0.1) is 6.10 Å². The highest BCUT2D eigenvalue weighted by atomic mass is 16.3. The Balaban J connectivity index is 1.76. The molecule has 25 heavy (non-hydrogen) atoms. The smallest absolute Gasteiger partial charge is 0.178 e. The molecule has 136 valence electrons. The van der Waals surface area contributed by atoms with E-state index in [4.69, 9.17) is 0 Å². The molecule has 4 rings (SSSR count). The van der Waals surface area contributed by atoms with Crippen LogP contribution in [0.5, 0.6) is 0 Å². The average Bonchev–Trinajstić information content (AvgIpc) is 2.80. The molecule has 0 aromatic heterocycles. The van der Waals surface area contributed by atoms with Crippen LogP contribution in [0.2, 0.25) is 0 Å². The van der Waals surface area contributed by atoms with Crippen LogP contribution < -0.4 is 0 Å². The molecule has 4 aliphatic rings. The first-order valence-electron chi connectivity index (χ1n) is 9.49. The molecule has 0 amide bonds. The second-order valence-electron chi connectivity index (χ2n) is 9.17. The van der Waals surface area contributed by atoms with E-state index in [0.717, 1.165) is 24.8 Å². The number of aliphatic hydroxyl groups is 2. The van der Waals surface area contributed by atoms with Crippen molar-refractivity contribution in [1.29, 1.82) is 0 Å². The Labute approximate surface area is 149 Å². The summed E-state index contributed by atoms with van der Waals surface area (Å²) in [5.41, 5.74) is -1.05. The topological polar surface area (TPSA) is 74.6 Å². The predicted octanol–water partition coefficient (Wildman–Crippen LogP) is 2.59. The Morgan fingerprint density at radius 1 is 1.28 bits per heavy atom. The fraction of sp³-hybridized carbons (Fsp3) is 0.714. The Morgan fingerprint density at radius 2 is 2.00 bits per heavy atom. The van der Waals surface area contributed by atoms with E-state index in [1.807, 2.05) is 13.0 Å². The highest BCUT2D eigenvalue weighted by molar-refractivity contribution is 6.01. The number of Topliss-reactive ketones (excluding diaryl/α,β-unsaturated/α-hetero) is 1. The van der Waals surface area contributed by atoms with Crippen molar-refractivity contribution in [3.8, 4) is 0 Å². The van der Waals surface area contributed by atoms with Gasteiger partial charge in [0.25, 0.3) is 0 Å². The number of allylic oxidation sites excluding steroid dienone is 4. The van der Waals surface area contributed by atoms with Crippen molar-refractivity contribution in [1.82, 2.24) is 0 Å². The first kappa shape index (κ1) is 17.2. The fourth-order valence-electron chi connectivity index (χ4n) is 6.91. The minimum atomic E-state index is -1.32. The van der Waals surface area contributed by atoms with Crippen molar-refractivity contribution < 1.29 is 19.8 Å². The van der Waals surface area contributed by atoms with Gasteiger partial charge in [-0.3, -0.25) is 9.59 Å². The lowest BCUT2D eigenvalue weighted by Gasteiger charge is -2.59. The van der Waals surface area contributed by atoms with Crippen LogP contribution in [0.3, 0.4) is 0 Å². The Hall–Kier alpha value is -1.26.